The van der Waals surface area contributed by atoms with E-state index >= 15 is 0 Å². The molecule has 0 heterocycles. The molecule has 0 bridgehead atoms. The first-order valence-electron chi connectivity index (χ1n) is 7.57. The van der Waals surface area contributed by atoms with Gasteiger partial charge in [-0.25, -0.2) is 0 Å². The number of hydrogen-bond donors (Lipinski definition) is 0. The zero-order valence-electron chi connectivity index (χ0n) is 13.6. The molecule has 0 aliphatic heterocycles. The summed E-state index contributed by atoms with van der Waals surface area (Å²) in [5.74, 6) is 0.729. The molecule has 0 unspecified atom stereocenters. The summed E-state index contributed by atoms with van der Waals surface area (Å²) in [5.41, 5.74) is 0. The van der Waals surface area contributed by atoms with Gasteiger partial charge in [0.1, 0.15) is 0 Å². The molecule has 0 spiro atoms. The van der Waals surface area contributed by atoms with E-state index in [0.29, 0.717) is 0 Å². The molecule has 0 aromatic heterocycles. The molecule has 0 saturated carbocycles. The summed E-state index contributed by atoms with van der Waals surface area (Å²) in [6, 6.07) is 0. The molecule has 0 fully saturated rings. The first kappa shape index (κ1) is 18.5. The molecule has 0 saturated heterocycles. The Balaban J connectivity index is 4.87. The van der Waals surface area contributed by atoms with Crippen molar-refractivity contribution in [3.8, 4) is 0 Å². The van der Waals surface area contributed by atoms with E-state index in [9.17, 15) is 0 Å². The Morgan fingerprint density at radius 3 is 1.67 bits per heavy atom. The van der Waals surface area contributed by atoms with Crippen LogP contribution in [0, 0.1) is 5.92 Å². The quantitative estimate of drug-likeness (QED) is 0.549. The average Bonchev–Trinajstić information content (AvgIpc) is 2.26. The van der Waals surface area contributed by atoms with Crippen LogP contribution in [0.25, 0.3) is 0 Å². The summed E-state index contributed by atoms with van der Waals surface area (Å²) in [5, 5.41) is 1.17. The van der Waals surface area contributed by atoms with Gasteiger partial charge in [-0.05, 0) is 0 Å². The van der Waals surface area contributed by atoms with Crippen molar-refractivity contribution in [3.05, 3.63) is 0 Å². The van der Waals surface area contributed by atoms with Gasteiger partial charge in [0.25, 0.3) is 0 Å². The average molecular weight is 319 g/mol. The minimum atomic E-state index is -2.69. The van der Waals surface area contributed by atoms with Gasteiger partial charge < -0.3 is 0 Å². The third-order valence-electron chi connectivity index (χ3n) is 3.27. The molecular weight excluding hydrogens is 285 g/mol. The van der Waals surface area contributed by atoms with Gasteiger partial charge in [0.15, 0.2) is 0 Å². The Morgan fingerprint density at radius 2 is 1.39 bits per heavy atom. The second-order valence-electron chi connectivity index (χ2n) is 6.63. The van der Waals surface area contributed by atoms with Gasteiger partial charge in [-0.3, -0.25) is 0 Å². The number of rotatable bonds is 9. The Morgan fingerprint density at radius 1 is 0.944 bits per heavy atom. The molecule has 0 rings (SSSR count). The maximum atomic E-state index is 6.36. The van der Waals surface area contributed by atoms with Gasteiger partial charge in [-0.15, -0.1) is 0 Å². The minimum absolute atomic E-state index is 0.194. The van der Waals surface area contributed by atoms with Crippen LogP contribution in [-0.4, -0.2) is 27.2 Å². The second-order valence-corrected chi connectivity index (χ2v) is 15.2. The molecule has 18 heavy (non-hydrogen) atoms. The summed E-state index contributed by atoms with van der Waals surface area (Å²) < 4.78 is 12.9. The maximum absolute atomic E-state index is 6.36. The molecule has 0 radical (unpaired) electrons. The molecule has 0 aliphatic rings. The van der Waals surface area contributed by atoms with Crippen LogP contribution in [-0.2, 0) is 7.53 Å². The van der Waals surface area contributed by atoms with Crippen LogP contribution in [0.2, 0.25) is 9.50 Å². The predicted octanol–water partition coefficient (Wildman–Crippen LogP) is 5.13. The van der Waals surface area contributed by atoms with Crippen molar-refractivity contribution in [2.24, 2.45) is 5.92 Å². The van der Waals surface area contributed by atoms with Gasteiger partial charge in [-0.2, -0.15) is 0 Å². The van der Waals surface area contributed by atoms with E-state index in [0.717, 1.165) is 32.0 Å². The topological polar surface area (TPSA) is 18.5 Å². The Hall–Kier alpha value is 0.463. The molecular formula is C15H34GeO2. The van der Waals surface area contributed by atoms with Gasteiger partial charge >= 0.3 is 118 Å². The second kappa shape index (κ2) is 8.60. The van der Waals surface area contributed by atoms with Crippen molar-refractivity contribution in [1.29, 1.82) is 0 Å². The summed E-state index contributed by atoms with van der Waals surface area (Å²) in [7, 11) is 0. The van der Waals surface area contributed by atoms with E-state index < -0.39 is 13.9 Å². The van der Waals surface area contributed by atoms with Gasteiger partial charge in [-0.1, -0.05) is 0 Å². The Kier molecular flexibility index (Phi) is 8.82. The normalized spacial score (nSPS) is 13.3. The molecule has 0 aromatic rings. The summed E-state index contributed by atoms with van der Waals surface area (Å²) in [6.07, 6.45) is 3.39. The molecule has 0 atom stereocenters. The monoisotopic (exact) mass is 320 g/mol. The fourth-order valence-corrected chi connectivity index (χ4v) is 10.4. The molecule has 0 aliphatic carbocycles. The Labute approximate surface area is 118 Å². The van der Waals surface area contributed by atoms with Crippen LogP contribution in [0.1, 0.15) is 67.7 Å². The van der Waals surface area contributed by atoms with E-state index in [-0.39, 0.29) is 4.25 Å². The fourth-order valence-electron chi connectivity index (χ4n) is 2.01. The van der Waals surface area contributed by atoms with Crippen LogP contribution in [0.5, 0.6) is 0 Å². The molecule has 3 heteroatoms. The van der Waals surface area contributed by atoms with E-state index in [1.807, 2.05) is 0 Å². The first-order valence-corrected chi connectivity index (χ1v) is 11.8. The molecule has 0 aromatic carbocycles. The fraction of sp³-hybridized carbons (Fsp3) is 1.00. The van der Waals surface area contributed by atoms with Crippen LogP contribution in [0.3, 0.4) is 0 Å². The van der Waals surface area contributed by atoms with Crippen molar-refractivity contribution < 1.29 is 7.53 Å². The van der Waals surface area contributed by atoms with Crippen LogP contribution in [0.4, 0.5) is 0 Å². The first-order chi connectivity index (χ1) is 8.29. The van der Waals surface area contributed by atoms with E-state index in [2.05, 4.69) is 48.5 Å². The SMILES string of the molecule is CCC[O][Ge]([CH2]CC(C)C)([O]CCC)[C](C)(C)C. The van der Waals surface area contributed by atoms with Crippen molar-refractivity contribution in [2.45, 2.75) is 77.2 Å². The molecule has 2 nitrogen and oxygen atoms in total. The zero-order valence-corrected chi connectivity index (χ0v) is 15.7. The van der Waals surface area contributed by atoms with Crippen molar-refractivity contribution in [3.63, 3.8) is 0 Å². The Bertz CT molecular complexity index is 201. The standard InChI is InChI=1S/C15H34GeO2/c1-8-12-17-16(15(5,6)7,18-13-9-2)11-10-14(3)4/h14H,8-13H2,1-7H3. The summed E-state index contributed by atoms with van der Waals surface area (Å²) in [6.45, 7) is 17.6. The number of hydrogen-bond acceptors (Lipinski definition) is 2. The van der Waals surface area contributed by atoms with E-state index in [1.54, 1.807) is 0 Å². The van der Waals surface area contributed by atoms with Crippen molar-refractivity contribution in [1.82, 2.24) is 0 Å². The van der Waals surface area contributed by atoms with E-state index in [4.69, 9.17) is 7.53 Å². The zero-order chi connectivity index (χ0) is 14.2. The summed E-state index contributed by atoms with van der Waals surface area (Å²) in [4.78, 5) is 0. The third-order valence-corrected chi connectivity index (χ3v) is 12.9. The van der Waals surface area contributed by atoms with Gasteiger partial charge in [0, 0.05) is 0 Å². The van der Waals surface area contributed by atoms with Crippen LogP contribution >= 0.6 is 0 Å². The predicted molar refractivity (Wildman–Crippen MR) is 82.2 cm³/mol. The van der Waals surface area contributed by atoms with E-state index in [1.165, 1.54) is 11.7 Å². The van der Waals surface area contributed by atoms with Gasteiger partial charge in [0.05, 0.1) is 0 Å². The molecule has 0 amide bonds. The van der Waals surface area contributed by atoms with Gasteiger partial charge in [0.2, 0.25) is 0 Å². The van der Waals surface area contributed by atoms with Crippen molar-refractivity contribution >= 4 is 13.9 Å². The molecule has 0 N–H and O–H groups in total. The molecule has 110 valence electrons. The van der Waals surface area contributed by atoms with Crippen LogP contribution < -0.4 is 0 Å². The summed E-state index contributed by atoms with van der Waals surface area (Å²) >= 11 is -2.69. The van der Waals surface area contributed by atoms with Crippen molar-refractivity contribution in [2.75, 3.05) is 13.2 Å². The third kappa shape index (κ3) is 6.07. The van der Waals surface area contributed by atoms with Crippen LogP contribution in [0.15, 0.2) is 0 Å².